The minimum Gasteiger partial charge on any atom is -0.399 e. The van der Waals surface area contributed by atoms with Gasteiger partial charge in [0.15, 0.2) is 0 Å². The van der Waals surface area contributed by atoms with Crippen molar-refractivity contribution in [2.75, 3.05) is 11.5 Å². The lowest BCUT2D eigenvalue weighted by Gasteiger charge is -1.98. The van der Waals surface area contributed by atoms with E-state index in [-0.39, 0.29) is 0 Å². The van der Waals surface area contributed by atoms with E-state index in [2.05, 4.69) is 41.6 Å². The van der Waals surface area contributed by atoms with Gasteiger partial charge in [-0.25, -0.2) is 0 Å². The Morgan fingerprint density at radius 3 is 1.67 bits per heavy atom. The van der Waals surface area contributed by atoms with E-state index in [0.29, 0.717) is 0 Å². The van der Waals surface area contributed by atoms with Crippen molar-refractivity contribution in [1.29, 1.82) is 0 Å². The first-order chi connectivity index (χ1) is 8.40. The highest BCUT2D eigenvalue weighted by Crippen LogP contribution is 2.13. The zero-order valence-electron chi connectivity index (χ0n) is 11.0. The molecule has 0 atom stereocenters. The first kappa shape index (κ1) is 14.8. The van der Waals surface area contributed by atoms with E-state index >= 15 is 0 Å². The van der Waals surface area contributed by atoms with Crippen LogP contribution in [0.3, 0.4) is 0 Å². The Hall–Kier alpha value is -1.23. The Balaban J connectivity index is 0.000000180. The van der Waals surface area contributed by atoms with E-state index in [4.69, 9.17) is 11.5 Å². The SMILES string of the molecule is Cc1cc(I)ccc1N.Cc1ccc(N)c(C)c1. The van der Waals surface area contributed by atoms with Crippen LogP contribution in [-0.2, 0) is 0 Å². The van der Waals surface area contributed by atoms with Gasteiger partial charge in [-0.2, -0.15) is 0 Å². The van der Waals surface area contributed by atoms with E-state index in [0.717, 1.165) is 22.5 Å². The number of nitrogen functional groups attached to an aromatic ring is 2. The molecule has 0 aliphatic rings. The van der Waals surface area contributed by atoms with E-state index in [1.54, 1.807) is 0 Å². The fourth-order valence-electron chi connectivity index (χ4n) is 1.46. The van der Waals surface area contributed by atoms with Crippen LogP contribution < -0.4 is 11.5 Å². The van der Waals surface area contributed by atoms with Crippen molar-refractivity contribution in [1.82, 2.24) is 0 Å². The summed E-state index contributed by atoms with van der Waals surface area (Å²) in [5.74, 6) is 0. The molecule has 0 fully saturated rings. The Kier molecular flexibility index (Phi) is 5.47. The molecule has 0 saturated carbocycles. The largest absolute Gasteiger partial charge is 0.399 e. The Labute approximate surface area is 123 Å². The smallest absolute Gasteiger partial charge is 0.0344 e. The van der Waals surface area contributed by atoms with Crippen molar-refractivity contribution in [2.24, 2.45) is 0 Å². The van der Waals surface area contributed by atoms with Crippen molar-refractivity contribution >= 4 is 34.0 Å². The summed E-state index contributed by atoms with van der Waals surface area (Å²) in [4.78, 5) is 0. The third-order valence-corrected chi connectivity index (χ3v) is 3.33. The first-order valence-corrected chi connectivity index (χ1v) is 6.82. The van der Waals surface area contributed by atoms with Crippen molar-refractivity contribution < 1.29 is 0 Å². The van der Waals surface area contributed by atoms with Gasteiger partial charge < -0.3 is 11.5 Å². The Morgan fingerprint density at radius 1 is 0.778 bits per heavy atom. The van der Waals surface area contributed by atoms with Crippen LogP contribution in [0.5, 0.6) is 0 Å². The van der Waals surface area contributed by atoms with Gasteiger partial charge in [0.2, 0.25) is 0 Å². The summed E-state index contributed by atoms with van der Waals surface area (Å²) in [5.41, 5.74) is 16.5. The van der Waals surface area contributed by atoms with Gasteiger partial charge in [-0.3, -0.25) is 0 Å². The fourth-order valence-corrected chi connectivity index (χ4v) is 2.11. The van der Waals surface area contributed by atoms with Gasteiger partial charge in [0.1, 0.15) is 0 Å². The van der Waals surface area contributed by atoms with Crippen LogP contribution in [0.25, 0.3) is 0 Å². The molecular formula is C15H19IN2. The molecule has 0 amide bonds. The van der Waals surface area contributed by atoms with E-state index in [1.165, 1.54) is 9.13 Å². The second kappa shape index (κ2) is 6.64. The third-order valence-electron chi connectivity index (χ3n) is 2.66. The molecule has 0 unspecified atom stereocenters. The molecule has 0 bridgehead atoms. The van der Waals surface area contributed by atoms with Crippen molar-refractivity contribution in [3.63, 3.8) is 0 Å². The van der Waals surface area contributed by atoms with Crippen molar-refractivity contribution in [3.05, 3.63) is 56.7 Å². The maximum atomic E-state index is 5.59. The number of aryl methyl sites for hydroxylation is 3. The van der Waals surface area contributed by atoms with Crippen LogP contribution in [0.15, 0.2) is 36.4 Å². The molecule has 2 aromatic rings. The van der Waals surface area contributed by atoms with E-state index in [1.807, 2.05) is 38.1 Å². The highest BCUT2D eigenvalue weighted by atomic mass is 127. The standard InChI is InChI=1S/C8H11N.C7H8IN/c1-6-3-4-8(9)7(2)5-6;1-5-4-6(8)2-3-7(5)9/h3-5H,9H2,1-2H3;2-4H,9H2,1H3. The van der Waals surface area contributed by atoms with Gasteiger partial charge in [-0.1, -0.05) is 17.7 Å². The van der Waals surface area contributed by atoms with E-state index < -0.39 is 0 Å². The maximum absolute atomic E-state index is 5.59. The molecule has 0 aromatic heterocycles. The summed E-state index contributed by atoms with van der Waals surface area (Å²) >= 11 is 2.27. The topological polar surface area (TPSA) is 52.0 Å². The third kappa shape index (κ3) is 4.56. The lowest BCUT2D eigenvalue weighted by atomic mass is 10.1. The van der Waals surface area contributed by atoms with Crippen LogP contribution in [0, 0.1) is 24.3 Å². The van der Waals surface area contributed by atoms with Gasteiger partial charge >= 0.3 is 0 Å². The minimum absolute atomic E-state index is 0.871. The molecule has 0 aliphatic carbocycles. The number of anilines is 2. The second-order valence-corrected chi connectivity index (χ2v) is 5.61. The molecule has 0 saturated heterocycles. The molecule has 0 aliphatic heterocycles. The van der Waals surface area contributed by atoms with Crippen LogP contribution >= 0.6 is 22.6 Å². The average Bonchev–Trinajstić information content (AvgIpc) is 2.30. The molecule has 0 heterocycles. The van der Waals surface area contributed by atoms with Gasteiger partial charge in [0.25, 0.3) is 0 Å². The number of hydrogen-bond donors (Lipinski definition) is 2. The quantitative estimate of drug-likeness (QED) is 0.554. The number of hydrogen-bond acceptors (Lipinski definition) is 2. The maximum Gasteiger partial charge on any atom is 0.0344 e. The first-order valence-electron chi connectivity index (χ1n) is 5.74. The zero-order chi connectivity index (χ0) is 13.7. The lowest BCUT2D eigenvalue weighted by molar-refractivity contribution is 1.39. The molecule has 2 rings (SSSR count). The molecular weight excluding hydrogens is 335 g/mol. The van der Waals surface area contributed by atoms with Gasteiger partial charge in [-0.15, -0.1) is 0 Å². The molecule has 2 nitrogen and oxygen atoms in total. The number of nitrogens with two attached hydrogens (primary N) is 2. The lowest BCUT2D eigenvalue weighted by Crippen LogP contribution is -1.88. The molecule has 3 heteroatoms. The van der Waals surface area contributed by atoms with Crippen molar-refractivity contribution in [2.45, 2.75) is 20.8 Å². The fraction of sp³-hybridized carbons (Fsp3) is 0.200. The Bertz CT molecular complexity index is 487. The zero-order valence-corrected chi connectivity index (χ0v) is 13.2. The van der Waals surface area contributed by atoms with Gasteiger partial charge in [-0.05, 0) is 78.8 Å². The molecule has 0 radical (unpaired) electrons. The second-order valence-electron chi connectivity index (χ2n) is 4.36. The highest BCUT2D eigenvalue weighted by Gasteiger charge is 1.91. The molecule has 0 spiro atoms. The van der Waals surface area contributed by atoms with Crippen LogP contribution in [0.4, 0.5) is 11.4 Å². The summed E-state index contributed by atoms with van der Waals surface area (Å²) < 4.78 is 1.24. The van der Waals surface area contributed by atoms with Crippen molar-refractivity contribution in [3.8, 4) is 0 Å². The summed E-state index contributed by atoms with van der Waals surface area (Å²) in [6.07, 6.45) is 0. The Morgan fingerprint density at radius 2 is 1.28 bits per heavy atom. The predicted octanol–water partition coefficient (Wildman–Crippen LogP) is 4.07. The number of rotatable bonds is 0. The molecule has 2 aromatic carbocycles. The summed E-state index contributed by atoms with van der Waals surface area (Å²) in [5, 5.41) is 0. The molecule has 4 N–H and O–H groups in total. The summed E-state index contributed by atoms with van der Waals surface area (Å²) in [7, 11) is 0. The average molecular weight is 354 g/mol. The number of halogens is 1. The number of benzene rings is 2. The van der Waals surface area contributed by atoms with Gasteiger partial charge in [0, 0.05) is 14.9 Å². The van der Waals surface area contributed by atoms with Crippen LogP contribution in [0.1, 0.15) is 16.7 Å². The normalized spacial score (nSPS) is 9.56. The van der Waals surface area contributed by atoms with Gasteiger partial charge in [0.05, 0.1) is 0 Å². The minimum atomic E-state index is 0.871. The van der Waals surface area contributed by atoms with Crippen LogP contribution in [-0.4, -0.2) is 0 Å². The highest BCUT2D eigenvalue weighted by molar-refractivity contribution is 14.1. The summed E-state index contributed by atoms with van der Waals surface area (Å²) in [6, 6.07) is 12.0. The monoisotopic (exact) mass is 354 g/mol. The molecule has 18 heavy (non-hydrogen) atoms. The molecule has 96 valence electrons. The van der Waals surface area contributed by atoms with Crippen LogP contribution in [0.2, 0.25) is 0 Å². The van der Waals surface area contributed by atoms with E-state index in [9.17, 15) is 0 Å². The summed E-state index contributed by atoms with van der Waals surface area (Å²) in [6.45, 7) is 6.09. The predicted molar refractivity (Wildman–Crippen MR) is 88.6 cm³/mol.